The maximum Gasteiger partial charge on any atom is 0.00629 e. The molecule has 0 aliphatic carbocycles. The van der Waals surface area contributed by atoms with Crippen molar-refractivity contribution < 1.29 is 0 Å². The van der Waals surface area contributed by atoms with Crippen LogP contribution in [0.2, 0.25) is 0 Å². The van der Waals surface area contributed by atoms with Gasteiger partial charge in [0.2, 0.25) is 0 Å². The Morgan fingerprint density at radius 2 is 1.36 bits per heavy atom. The molecule has 1 fully saturated rings. The summed E-state index contributed by atoms with van der Waals surface area (Å²) < 4.78 is 0. The van der Waals surface area contributed by atoms with Crippen molar-refractivity contribution in [2.24, 2.45) is 5.73 Å². The molecule has 0 aromatic heterocycles. The normalized spacial score (nSPS) is 17.2. The summed E-state index contributed by atoms with van der Waals surface area (Å²) in [6.45, 7) is 10.2. The van der Waals surface area contributed by atoms with E-state index < -0.39 is 0 Å². The van der Waals surface area contributed by atoms with E-state index in [2.05, 4.69) is 5.32 Å². The quantitative estimate of drug-likeness (QED) is 0.566. The first-order chi connectivity index (χ1) is 5.39. The zero-order valence-electron chi connectivity index (χ0n) is 8.48. The van der Waals surface area contributed by atoms with Crippen LogP contribution >= 0.6 is 0 Å². The van der Waals surface area contributed by atoms with Crippen LogP contribution in [-0.4, -0.2) is 19.1 Å². The van der Waals surface area contributed by atoms with Gasteiger partial charge in [-0.05, 0) is 25.9 Å². The Labute approximate surface area is 71.6 Å². The van der Waals surface area contributed by atoms with Gasteiger partial charge in [-0.3, -0.25) is 0 Å². The number of rotatable bonds is 0. The van der Waals surface area contributed by atoms with E-state index >= 15 is 0 Å². The van der Waals surface area contributed by atoms with Crippen molar-refractivity contribution in [3.63, 3.8) is 0 Å². The Balaban J connectivity index is 0. The van der Waals surface area contributed by atoms with E-state index in [0.717, 1.165) is 25.9 Å². The fourth-order valence-electron chi connectivity index (χ4n) is 0.844. The average molecular weight is 160 g/mol. The minimum absolute atomic E-state index is 0.473. The molecule has 0 aromatic rings. The van der Waals surface area contributed by atoms with Crippen molar-refractivity contribution in [2.75, 3.05) is 13.1 Å². The molecule has 0 bridgehead atoms. The molecule has 2 heteroatoms. The third kappa shape index (κ3) is 9.92. The van der Waals surface area contributed by atoms with Gasteiger partial charge in [0.1, 0.15) is 0 Å². The SMILES string of the molecule is CC.CC.NC1CCNCC1. The van der Waals surface area contributed by atoms with Crippen LogP contribution in [0, 0.1) is 0 Å². The highest BCUT2D eigenvalue weighted by Crippen LogP contribution is 1.96. The smallest absolute Gasteiger partial charge is 0.00629 e. The van der Waals surface area contributed by atoms with E-state index in [1.165, 1.54) is 0 Å². The predicted octanol–water partition coefficient (Wildman–Crippen LogP) is 1.75. The van der Waals surface area contributed by atoms with E-state index in [4.69, 9.17) is 5.73 Å². The van der Waals surface area contributed by atoms with Crippen LogP contribution in [0.15, 0.2) is 0 Å². The molecule has 1 heterocycles. The van der Waals surface area contributed by atoms with Gasteiger partial charge in [-0.2, -0.15) is 0 Å². The topological polar surface area (TPSA) is 38.0 Å². The summed E-state index contributed by atoms with van der Waals surface area (Å²) >= 11 is 0. The van der Waals surface area contributed by atoms with Gasteiger partial charge in [-0.25, -0.2) is 0 Å². The molecule has 11 heavy (non-hydrogen) atoms. The van der Waals surface area contributed by atoms with Crippen molar-refractivity contribution >= 4 is 0 Å². The third-order valence-corrected chi connectivity index (χ3v) is 1.38. The van der Waals surface area contributed by atoms with Crippen molar-refractivity contribution in [3.8, 4) is 0 Å². The van der Waals surface area contributed by atoms with E-state index in [-0.39, 0.29) is 0 Å². The summed E-state index contributed by atoms with van der Waals surface area (Å²) in [5.41, 5.74) is 5.59. The Kier molecular flexibility index (Phi) is 15.4. The number of hydrogen-bond acceptors (Lipinski definition) is 2. The summed E-state index contributed by atoms with van der Waals surface area (Å²) in [6.07, 6.45) is 2.31. The highest BCUT2D eigenvalue weighted by atomic mass is 14.9. The number of hydrogen-bond donors (Lipinski definition) is 2. The van der Waals surface area contributed by atoms with Gasteiger partial charge in [0, 0.05) is 6.04 Å². The monoisotopic (exact) mass is 160 g/mol. The molecule has 2 nitrogen and oxygen atoms in total. The zero-order chi connectivity index (χ0) is 9.11. The zero-order valence-corrected chi connectivity index (χ0v) is 8.48. The molecule has 3 N–H and O–H groups in total. The van der Waals surface area contributed by atoms with Gasteiger partial charge < -0.3 is 11.1 Å². The molecular formula is C9H24N2. The maximum absolute atomic E-state index is 5.59. The molecule has 1 saturated heterocycles. The van der Waals surface area contributed by atoms with Crippen LogP contribution in [0.5, 0.6) is 0 Å². The van der Waals surface area contributed by atoms with Crippen LogP contribution in [0.4, 0.5) is 0 Å². The standard InChI is InChI=1S/C5H12N2.2C2H6/c6-5-1-3-7-4-2-5;2*1-2/h5,7H,1-4,6H2;2*1-2H3. The van der Waals surface area contributed by atoms with Crippen molar-refractivity contribution in [1.82, 2.24) is 5.32 Å². The second-order valence-corrected chi connectivity index (χ2v) is 2.09. The minimum atomic E-state index is 0.473. The van der Waals surface area contributed by atoms with Crippen LogP contribution in [-0.2, 0) is 0 Å². The van der Waals surface area contributed by atoms with Crippen molar-refractivity contribution in [1.29, 1.82) is 0 Å². The van der Waals surface area contributed by atoms with Gasteiger partial charge in [0.05, 0.1) is 0 Å². The molecule has 1 aliphatic rings. The van der Waals surface area contributed by atoms with Crippen LogP contribution in [0.1, 0.15) is 40.5 Å². The molecule has 70 valence electrons. The summed E-state index contributed by atoms with van der Waals surface area (Å²) in [4.78, 5) is 0. The molecule has 0 unspecified atom stereocenters. The van der Waals surface area contributed by atoms with Gasteiger partial charge >= 0.3 is 0 Å². The van der Waals surface area contributed by atoms with Gasteiger partial charge in [-0.15, -0.1) is 0 Å². The first-order valence-electron chi connectivity index (χ1n) is 4.86. The van der Waals surface area contributed by atoms with Crippen LogP contribution in [0.3, 0.4) is 0 Å². The third-order valence-electron chi connectivity index (χ3n) is 1.38. The van der Waals surface area contributed by atoms with E-state index in [1.54, 1.807) is 0 Å². The minimum Gasteiger partial charge on any atom is -0.328 e. The largest absolute Gasteiger partial charge is 0.328 e. The lowest BCUT2D eigenvalue weighted by Gasteiger charge is -2.17. The maximum atomic E-state index is 5.59. The van der Waals surface area contributed by atoms with E-state index in [1.807, 2.05) is 27.7 Å². The lowest BCUT2D eigenvalue weighted by molar-refractivity contribution is 0.458. The van der Waals surface area contributed by atoms with Gasteiger partial charge in [-0.1, -0.05) is 27.7 Å². The molecule has 0 atom stereocenters. The molecule has 0 radical (unpaired) electrons. The molecule has 0 aromatic carbocycles. The van der Waals surface area contributed by atoms with Gasteiger partial charge in [0.25, 0.3) is 0 Å². The highest BCUT2D eigenvalue weighted by molar-refractivity contribution is 4.69. The molecule has 0 amide bonds. The number of nitrogens with two attached hydrogens (primary N) is 1. The number of piperidine rings is 1. The Bertz CT molecular complexity index is 49.5. The van der Waals surface area contributed by atoms with E-state index in [0.29, 0.717) is 6.04 Å². The Hall–Kier alpha value is -0.0800. The fraction of sp³-hybridized carbons (Fsp3) is 1.00. The molecule has 1 aliphatic heterocycles. The van der Waals surface area contributed by atoms with Crippen molar-refractivity contribution in [2.45, 2.75) is 46.6 Å². The number of nitrogens with one attached hydrogen (secondary N) is 1. The summed E-state index contributed by atoms with van der Waals surface area (Å²) in [5.74, 6) is 0. The Morgan fingerprint density at radius 1 is 1.00 bits per heavy atom. The fourth-order valence-corrected chi connectivity index (χ4v) is 0.844. The highest BCUT2D eigenvalue weighted by Gasteiger charge is 2.05. The lowest BCUT2D eigenvalue weighted by atomic mass is 10.1. The second kappa shape index (κ2) is 12.6. The lowest BCUT2D eigenvalue weighted by Crippen LogP contribution is -2.35. The summed E-state index contributed by atoms with van der Waals surface area (Å²) in [5, 5.41) is 3.24. The average Bonchev–Trinajstić information content (AvgIpc) is 2.13. The van der Waals surface area contributed by atoms with Crippen molar-refractivity contribution in [3.05, 3.63) is 0 Å². The first-order valence-corrected chi connectivity index (χ1v) is 4.86. The first kappa shape index (κ1) is 13.5. The molecule has 1 rings (SSSR count). The van der Waals surface area contributed by atoms with Crippen LogP contribution in [0.25, 0.3) is 0 Å². The summed E-state index contributed by atoms with van der Waals surface area (Å²) in [6, 6.07) is 0.473. The van der Waals surface area contributed by atoms with Gasteiger partial charge in [0.15, 0.2) is 0 Å². The molecule has 0 spiro atoms. The van der Waals surface area contributed by atoms with Crippen LogP contribution < -0.4 is 11.1 Å². The second-order valence-electron chi connectivity index (χ2n) is 2.09. The molecule has 0 saturated carbocycles. The van der Waals surface area contributed by atoms with E-state index in [9.17, 15) is 0 Å². The Morgan fingerprint density at radius 3 is 1.55 bits per heavy atom. The molecular weight excluding hydrogens is 136 g/mol. The summed E-state index contributed by atoms with van der Waals surface area (Å²) in [7, 11) is 0. The predicted molar refractivity (Wildman–Crippen MR) is 52.8 cm³/mol.